The van der Waals surface area contributed by atoms with Crippen molar-refractivity contribution in [2.75, 3.05) is 7.05 Å². The van der Waals surface area contributed by atoms with Crippen LogP contribution in [0.15, 0.2) is 60.8 Å². The zero-order chi connectivity index (χ0) is 21.3. The number of aryl methyl sites for hydroxylation is 1. The van der Waals surface area contributed by atoms with Gasteiger partial charge in [-0.1, -0.05) is 18.2 Å². The second-order valence-corrected chi connectivity index (χ2v) is 6.84. The Kier molecular flexibility index (Phi) is 5.01. The lowest BCUT2D eigenvalue weighted by atomic mass is 10.3. The maximum Gasteiger partial charge on any atom is 0.274 e. The van der Waals surface area contributed by atoms with E-state index in [0.29, 0.717) is 12.2 Å². The summed E-state index contributed by atoms with van der Waals surface area (Å²) in [6.45, 7) is 3.13. The number of nitro groups is 1. The molecule has 4 aromatic rings. The lowest BCUT2D eigenvalue weighted by Gasteiger charge is -2.16. The smallest absolute Gasteiger partial charge is 0.274 e. The molecule has 0 fully saturated rings. The van der Waals surface area contributed by atoms with Gasteiger partial charge in [0.15, 0.2) is 5.69 Å². The minimum absolute atomic E-state index is 0.0357. The van der Waals surface area contributed by atoms with Crippen LogP contribution in [-0.2, 0) is 13.1 Å². The van der Waals surface area contributed by atoms with Crippen molar-refractivity contribution >= 4 is 22.6 Å². The second-order valence-electron chi connectivity index (χ2n) is 6.84. The highest BCUT2D eigenvalue weighted by Crippen LogP contribution is 2.19. The summed E-state index contributed by atoms with van der Waals surface area (Å²) < 4.78 is 3.54. The standard InChI is InChI=1S/C21H20N6O3/c1-3-25-19-10-5-4-9-17(19)22-20(25)14-24(2)21(28)18-11-12-26(23-18)15-7-6-8-16(13-15)27(29)30/h4-13H,3,14H2,1-2H3. The van der Waals surface area contributed by atoms with E-state index < -0.39 is 4.92 Å². The highest BCUT2D eigenvalue weighted by molar-refractivity contribution is 5.92. The number of nitro benzene ring substituents is 1. The number of amides is 1. The molecule has 0 saturated carbocycles. The van der Waals surface area contributed by atoms with Gasteiger partial charge in [0.05, 0.1) is 28.2 Å². The van der Waals surface area contributed by atoms with Gasteiger partial charge in [-0.25, -0.2) is 9.67 Å². The highest BCUT2D eigenvalue weighted by Gasteiger charge is 2.19. The fraction of sp³-hybridized carbons (Fsp3) is 0.190. The Bertz CT molecular complexity index is 1240. The first-order valence-corrected chi connectivity index (χ1v) is 9.48. The van der Waals surface area contributed by atoms with Gasteiger partial charge in [0.2, 0.25) is 0 Å². The van der Waals surface area contributed by atoms with Crippen molar-refractivity contribution in [3.8, 4) is 5.69 Å². The molecule has 0 radical (unpaired) electrons. The summed E-state index contributed by atoms with van der Waals surface area (Å²) >= 11 is 0. The van der Waals surface area contributed by atoms with E-state index in [1.807, 2.05) is 31.2 Å². The molecule has 0 N–H and O–H groups in total. The first-order valence-electron chi connectivity index (χ1n) is 9.48. The Hall–Kier alpha value is -4.01. The molecule has 0 aliphatic rings. The van der Waals surface area contributed by atoms with Crippen LogP contribution in [-0.4, -0.2) is 42.1 Å². The molecule has 0 atom stereocenters. The van der Waals surface area contributed by atoms with Crippen LogP contribution in [0.2, 0.25) is 0 Å². The molecule has 0 bridgehead atoms. The fourth-order valence-corrected chi connectivity index (χ4v) is 3.41. The van der Waals surface area contributed by atoms with Gasteiger partial charge in [0.1, 0.15) is 5.82 Å². The number of nitrogens with zero attached hydrogens (tertiary/aromatic N) is 6. The summed E-state index contributed by atoms with van der Waals surface area (Å²) in [6, 6.07) is 15.6. The molecular formula is C21H20N6O3. The molecule has 152 valence electrons. The van der Waals surface area contributed by atoms with E-state index in [-0.39, 0.29) is 17.3 Å². The maximum atomic E-state index is 12.9. The molecule has 0 unspecified atom stereocenters. The van der Waals surface area contributed by atoms with Gasteiger partial charge in [0, 0.05) is 31.9 Å². The van der Waals surface area contributed by atoms with Gasteiger partial charge >= 0.3 is 0 Å². The van der Waals surface area contributed by atoms with E-state index in [4.69, 9.17) is 0 Å². The number of carbonyl (C=O) groups excluding carboxylic acids is 1. The van der Waals surface area contributed by atoms with E-state index in [2.05, 4.69) is 14.6 Å². The Morgan fingerprint density at radius 1 is 1.17 bits per heavy atom. The maximum absolute atomic E-state index is 12.9. The topological polar surface area (TPSA) is 99.1 Å². The van der Waals surface area contributed by atoms with Crippen LogP contribution in [0.1, 0.15) is 23.2 Å². The first kappa shape index (κ1) is 19.3. The zero-order valence-corrected chi connectivity index (χ0v) is 16.6. The van der Waals surface area contributed by atoms with Crippen LogP contribution in [0.4, 0.5) is 5.69 Å². The number of hydrogen-bond donors (Lipinski definition) is 0. The molecule has 0 aliphatic heterocycles. The summed E-state index contributed by atoms with van der Waals surface area (Å²) in [5.41, 5.74) is 2.66. The summed E-state index contributed by atoms with van der Waals surface area (Å²) in [5.74, 6) is 0.543. The molecule has 2 aromatic heterocycles. The Labute approximate surface area is 172 Å². The van der Waals surface area contributed by atoms with E-state index in [1.54, 1.807) is 36.3 Å². The Morgan fingerprint density at radius 3 is 2.73 bits per heavy atom. The number of rotatable bonds is 6. The van der Waals surface area contributed by atoms with Crippen molar-refractivity contribution < 1.29 is 9.72 Å². The van der Waals surface area contributed by atoms with Gasteiger partial charge < -0.3 is 9.47 Å². The average Bonchev–Trinajstić information content (AvgIpc) is 3.37. The summed E-state index contributed by atoms with van der Waals surface area (Å²) in [7, 11) is 1.70. The lowest BCUT2D eigenvalue weighted by molar-refractivity contribution is -0.384. The van der Waals surface area contributed by atoms with Crippen molar-refractivity contribution in [1.29, 1.82) is 0 Å². The number of non-ortho nitro benzene ring substituents is 1. The van der Waals surface area contributed by atoms with Crippen LogP contribution in [0.3, 0.4) is 0 Å². The second kappa shape index (κ2) is 7.78. The van der Waals surface area contributed by atoms with Crippen molar-refractivity contribution in [1.82, 2.24) is 24.2 Å². The third-order valence-electron chi connectivity index (χ3n) is 4.89. The van der Waals surface area contributed by atoms with Gasteiger partial charge in [0.25, 0.3) is 11.6 Å². The number of para-hydroxylation sites is 2. The number of carbonyl (C=O) groups is 1. The molecule has 1 amide bonds. The molecule has 9 heteroatoms. The SMILES string of the molecule is CCn1c(CN(C)C(=O)c2ccn(-c3cccc([N+](=O)[O-])c3)n2)nc2ccccc21. The van der Waals surface area contributed by atoms with Crippen LogP contribution in [0.5, 0.6) is 0 Å². The third-order valence-corrected chi connectivity index (χ3v) is 4.89. The normalized spacial score (nSPS) is 11.0. The van der Waals surface area contributed by atoms with Crippen LogP contribution < -0.4 is 0 Å². The number of fused-ring (bicyclic) bond motifs is 1. The van der Waals surface area contributed by atoms with Crippen molar-refractivity contribution in [3.05, 3.63) is 82.4 Å². The Balaban J connectivity index is 1.56. The molecule has 30 heavy (non-hydrogen) atoms. The molecule has 2 heterocycles. The minimum atomic E-state index is -0.466. The highest BCUT2D eigenvalue weighted by atomic mass is 16.6. The van der Waals surface area contributed by atoms with Gasteiger partial charge in [-0.2, -0.15) is 5.10 Å². The van der Waals surface area contributed by atoms with E-state index in [0.717, 1.165) is 23.4 Å². The van der Waals surface area contributed by atoms with Gasteiger partial charge in [-0.15, -0.1) is 0 Å². The van der Waals surface area contributed by atoms with Gasteiger partial charge in [-0.05, 0) is 31.2 Å². The first-order chi connectivity index (χ1) is 14.5. The number of benzene rings is 2. The number of aromatic nitrogens is 4. The Morgan fingerprint density at radius 2 is 1.97 bits per heavy atom. The molecule has 0 spiro atoms. The van der Waals surface area contributed by atoms with Gasteiger partial charge in [-0.3, -0.25) is 14.9 Å². The molecule has 4 rings (SSSR count). The van der Waals surface area contributed by atoms with Crippen molar-refractivity contribution in [3.63, 3.8) is 0 Å². The predicted molar refractivity (Wildman–Crippen MR) is 111 cm³/mol. The van der Waals surface area contributed by atoms with Crippen LogP contribution in [0.25, 0.3) is 16.7 Å². The largest absolute Gasteiger partial charge is 0.333 e. The zero-order valence-electron chi connectivity index (χ0n) is 16.6. The fourth-order valence-electron chi connectivity index (χ4n) is 3.41. The van der Waals surface area contributed by atoms with E-state index >= 15 is 0 Å². The summed E-state index contributed by atoms with van der Waals surface area (Å²) in [6.07, 6.45) is 1.61. The molecule has 0 saturated heterocycles. The molecular weight excluding hydrogens is 384 g/mol. The third kappa shape index (κ3) is 3.52. The van der Waals surface area contributed by atoms with Crippen LogP contribution >= 0.6 is 0 Å². The summed E-state index contributed by atoms with van der Waals surface area (Å²) in [4.78, 5) is 29.6. The average molecular weight is 404 g/mol. The van der Waals surface area contributed by atoms with E-state index in [1.165, 1.54) is 16.8 Å². The molecule has 2 aromatic carbocycles. The lowest BCUT2D eigenvalue weighted by Crippen LogP contribution is -2.28. The predicted octanol–water partition coefficient (Wildman–Crippen LogP) is 3.42. The molecule has 9 nitrogen and oxygen atoms in total. The minimum Gasteiger partial charge on any atom is -0.333 e. The quantitative estimate of drug-likeness (QED) is 0.362. The summed E-state index contributed by atoms with van der Waals surface area (Å²) in [5, 5.41) is 15.3. The molecule has 0 aliphatic carbocycles. The van der Waals surface area contributed by atoms with Crippen molar-refractivity contribution in [2.45, 2.75) is 20.0 Å². The number of hydrogen-bond acceptors (Lipinski definition) is 5. The number of imidazole rings is 1. The van der Waals surface area contributed by atoms with E-state index in [9.17, 15) is 14.9 Å². The monoisotopic (exact) mass is 404 g/mol. The van der Waals surface area contributed by atoms with Crippen LogP contribution in [0, 0.1) is 10.1 Å². The van der Waals surface area contributed by atoms with Crippen molar-refractivity contribution in [2.24, 2.45) is 0 Å².